The summed E-state index contributed by atoms with van der Waals surface area (Å²) in [4.78, 5) is 121. The molecule has 10 rings (SSSR count). The van der Waals surface area contributed by atoms with Crippen molar-refractivity contribution in [3.05, 3.63) is 154 Å². The maximum absolute atomic E-state index is 15.0. The summed E-state index contributed by atoms with van der Waals surface area (Å²) in [6.45, 7) is 11.5. The highest BCUT2D eigenvalue weighted by Crippen LogP contribution is 2.45. The van der Waals surface area contributed by atoms with Gasteiger partial charge in [0, 0.05) is 67.5 Å². The number of methoxy groups -OCH3 is 4. The normalized spacial score (nSPS) is 15.4. The predicted octanol–water partition coefficient (Wildman–Crippen LogP) is 10.6. The molecular weight excluding hydrogens is 1320 g/mol. The van der Waals surface area contributed by atoms with E-state index >= 15 is 4.79 Å². The molecule has 4 atom stereocenters. The van der Waals surface area contributed by atoms with Crippen LogP contribution < -0.4 is 54.5 Å². The third-order valence-corrected chi connectivity index (χ3v) is 17.7. The Kier molecular flexibility index (Phi) is 25.1. The zero-order valence-corrected chi connectivity index (χ0v) is 59.8. The minimum atomic E-state index is -0.997. The Morgan fingerprint density at radius 1 is 0.621 bits per heavy atom. The second-order valence-corrected chi connectivity index (χ2v) is 26.6. The number of para-hydroxylation sites is 2. The Bertz CT molecular complexity index is 4120. The number of nitrogens with one attached hydrogen (secondary N) is 3. The quantitative estimate of drug-likeness (QED) is 0.0207. The van der Waals surface area contributed by atoms with Gasteiger partial charge in [0.15, 0.2) is 23.0 Å². The van der Waals surface area contributed by atoms with E-state index in [1.165, 1.54) is 38.1 Å². The summed E-state index contributed by atoms with van der Waals surface area (Å²) in [5.74, 6) is -1.74. The van der Waals surface area contributed by atoms with Crippen LogP contribution in [0.1, 0.15) is 116 Å². The number of anilines is 5. The van der Waals surface area contributed by atoms with E-state index in [2.05, 4.69) is 20.7 Å². The van der Waals surface area contributed by atoms with E-state index < -0.39 is 47.7 Å². The smallest absolute Gasteiger partial charge is 0.414 e. The number of unbranched alkanes of at least 4 members (excludes halogenated alkanes) is 1. The van der Waals surface area contributed by atoms with Gasteiger partial charge in [-0.25, -0.2) is 9.59 Å². The zero-order valence-electron chi connectivity index (χ0n) is 59.8. The molecule has 0 spiro atoms. The van der Waals surface area contributed by atoms with Crippen molar-refractivity contribution in [3.63, 3.8) is 0 Å². The molecule has 0 unspecified atom stereocenters. The van der Waals surface area contributed by atoms with Crippen LogP contribution in [0.2, 0.25) is 0 Å². The highest BCUT2D eigenvalue weighted by molar-refractivity contribution is 6.16. The van der Waals surface area contributed by atoms with Gasteiger partial charge in [-0.05, 0) is 135 Å². The van der Waals surface area contributed by atoms with Crippen LogP contribution in [-0.4, -0.2) is 158 Å². The van der Waals surface area contributed by atoms with Gasteiger partial charge >= 0.3 is 18.2 Å². The van der Waals surface area contributed by atoms with Gasteiger partial charge in [0.1, 0.15) is 37.5 Å². The van der Waals surface area contributed by atoms with Crippen LogP contribution in [0.3, 0.4) is 0 Å². The van der Waals surface area contributed by atoms with Gasteiger partial charge in [0.25, 0.3) is 11.8 Å². The van der Waals surface area contributed by atoms with Gasteiger partial charge in [0.05, 0.1) is 102 Å². The lowest BCUT2D eigenvalue weighted by Crippen LogP contribution is -2.53. The molecule has 6 aromatic carbocycles. The molecule has 103 heavy (non-hydrogen) atoms. The van der Waals surface area contributed by atoms with Crippen molar-refractivity contribution < 1.29 is 85.7 Å². The first-order valence-electron chi connectivity index (χ1n) is 34.4. The first-order chi connectivity index (χ1) is 49.5. The van der Waals surface area contributed by atoms with Gasteiger partial charge in [-0.3, -0.25) is 48.5 Å². The molecule has 4 aliphatic heterocycles. The molecule has 0 bridgehead atoms. The highest BCUT2D eigenvalue weighted by atomic mass is 16.6. The second-order valence-electron chi connectivity index (χ2n) is 26.6. The van der Waals surface area contributed by atoms with Crippen LogP contribution in [0.4, 0.5) is 43.7 Å². The molecule has 0 aromatic heterocycles. The first-order valence-corrected chi connectivity index (χ1v) is 34.4. The molecule has 0 aliphatic carbocycles. The van der Waals surface area contributed by atoms with Crippen molar-refractivity contribution in [1.29, 1.82) is 0 Å². The number of aliphatic imine (C=N–C) groups is 1. The predicted molar refractivity (Wildman–Crippen MR) is 385 cm³/mol. The third kappa shape index (κ3) is 18.8. The monoisotopic (exact) mass is 1410 g/mol. The number of hydrogen-bond acceptors (Lipinski definition) is 19. The van der Waals surface area contributed by atoms with Gasteiger partial charge < -0.3 is 68.2 Å². The minimum Gasteiger partial charge on any atom is -0.493 e. The van der Waals surface area contributed by atoms with E-state index in [0.717, 1.165) is 16.8 Å². The Morgan fingerprint density at radius 2 is 1.23 bits per heavy atom. The van der Waals surface area contributed by atoms with Gasteiger partial charge in [-0.2, -0.15) is 0 Å². The van der Waals surface area contributed by atoms with E-state index in [-0.39, 0.29) is 117 Å². The van der Waals surface area contributed by atoms with Crippen LogP contribution in [-0.2, 0) is 80.3 Å². The fraction of sp³-hybridized carbons (Fsp3) is 0.416. The lowest BCUT2D eigenvalue weighted by molar-refractivity contribution is -0.140. The summed E-state index contributed by atoms with van der Waals surface area (Å²) in [7, 11) is 5.83. The molecule has 4 heterocycles. The second kappa shape index (κ2) is 34.4. The maximum atomic E-state index is 15.0. The Labute approximate surface area is 599 Å². The molecule has 546 valence electrons. The van der Waals surface area contributed by atoms with E-state index in [9.17, 15) is 33.6 Å². The van der Waals surface area contributed by atoms with Crippen molar-refractivity contribution in [1.82, 2.24) is 10.6 Å². The molecule has 3 N–H and O–H groups in total. The number of amides is 7. The van der Waals surface area contributed by atoms with E-state index in [1.54, 1.807) is 118 Å². The Morgan fingerprint density at radius 3 is 1.88 bits per heavy atom. The van der Waals surface area contributed by atoms with Crippen LogP contribution in [0.25, 0.3) is 0 Å². The third-order valence-electron chi connectivity index (χ3n) is 17.7. The van der Waals surface area contributed by atoms with E-state index in [4.69, 9.17) is 47.6 Å². The van der Waals surface area contributed by atoms with Gasteiger partial charge in [-0.15, -0.1) is 0 Å². The number of fused-ring (bicyclic) bond motifs is 8. The number of esters is 1. The Balaban J connectivity index is 0.889. The van der Waals surface area contributed by atoms with E-state index in [1.807, 2.05) is 54.6 Å². The SMILES string of the molecule is COCCOCCOCCN(C(=O)OC(C)(C)C)c1cc(COc2cc3c(cc2OC)C(=O)N2c4ccccc4C[C@H]2C=N3)cc(COc2cc3c(cc2OC)C(=O)N2c4ccccc4C[C@H]2CN3C(=O)OCc2ccc(NC(=O)[C@H](C)NC(=O)[C@@H](NC(=O)CCCCC(=O)OC)C(C)C)cc2)c1. The van der Waals surface area contributed by atoms with Crippen molar-refractivity contribution >= 4 is 88.0 Å². The lowest BCUT2D eigenvalue weighted by atomic mass is 10.0. The molecule has 26 nitrogen and oxygen atoms in total. The maximum Gasteiger partial charge on any atom is 0.414 e. The van der Waals surface area contributed by atoms with Crippen molar-refractivity contribution in [2.45, 2.75) is 130 Å². The van der Waals surface area contributed by atoms with Crippen LogP contribution in [0.5, 0.6) is 23.0 Å². The lowest BCUT2D eigenvalue weighted by Gasteiger charge is -2.28. The largest absolute Gasteiger partial charge is 0.493 e. The fourth-order valence-electron chi connectivity index (χ4n) is 12.5. The molecule has 0 saturated carbocycles. The summed E-state index contributed by atoms with van der Waals surface area (Å²) in [6, 6.07) is 31.2. The number of carbonyl (C=O) groups excluding carboxylic acids is 8. The first kappa shape index (κ1) is 75.1. The summed E-state index contributed by atoms with van der Waals surface area (Å²) in [5, 5.41) is 8.24. The van der Waals surface area contributed by atoms with Crippen molar-refractivity contribution in [3.8, 4) is 23.0 Å². The number of carbonyl (C=O) groups is 8. The fourth-order valence-corrected chi connectivity index (χ4v) is 12.5. The van der Waals surface area contributed by atoms with Crippen LogP contribution in [0, 0.1) is 5.92 Å². The molecule has 26 heteroatoms. The molecule has 0 saturated heterocycles. The molecule has 7 amide bonds. The Hall–Kier alpha value is -10.6. The summed E-state index contributed by atoms with van der Waals surface area (Å²) < 4.78 is 58.5. The van der Waals surface area contributed by atoms with Crippen molar-refractivity contribution in [2.75, 3.05) is 99.5 Å². The molecule has 0 radical (unpaired) electrons. The summed E-state index contributed by atoms with van der Waals surface area (Å²) in [6.07, 6.45) is 2.60. The summed E-state index contributed by atoms with van der Waals surface area (Å²) >= 11 is 0. The summed E-state index contributed by atoms with van der Waals surface area (Å²) in [5.41, 5.74) is 6.22. The topological polar surface area (TPSA) is 290 Å². The van der Waals surface area contributed by atoms with Gasteiger partial charge in [0.2, 0.25) is 17.7 Å². The zero-order chi connectivity index (χ0) is 73.5. The number of rotatable bonds is 31. The number of hydrogen-bond donors (Lipinski definition) is 3. The van der Waals surface area contributed by atoms with Crippen molar-refractivity contribution in [2.24, 2.45) is 10.9 Å². The van der Waals surface area contributed by atoms with Crippen LogP contribution in [0.15, 0.2) is 120 Å². The van der Waals surface area contributed by atoms with Gasteiger partial charge in [-0.1, -0.05) is 62.4 Å². The number of benzene rings is 6. The van der Waals surface area contributed by atoms with E-state index in [0.29, 0.717) is 102 Å². The molecule has 4 aliphatic rings. The molecular formula is C77H90N8O18. The van der Waals surface area contributed by atoms with Crippen LogP contribution >= 0.6 is 0 Å². The minimum absolute atomic E-state index is 0.0299. The average Bonchev–Trinajstić information content (AvgIpc) is 1.62. The molecule has 0 fully saturated rings. The number of ether oxygens (including phenoxy) is 10. The standard InChI is InChI=1S/C77H90N8O18/c1-47(2)70(81-68(86)21-15-16-22-69(87)97-10)72(89)79-48(3)71(88)80-54-25-23-49(24-26-54)44-102-75(92)83-43-57-37-53-18-12-14-20-62(53)85(57)74(91)59-39-65(96-9)67(41-63(59)83)101-46-51-33-50(34-55(35-51)82(76(93)103-77(4,5)6)27-28-98-31-32-99-30-29-94-7)45-100-66-40-60-58(38-64(66)95-8)73(90)84-56(42-78-60)36-52-17-11-13-19-61(52)84/h11-14,17-20,23-26,33-35,38-42,47-48,56-57,70H,15-16,21-22,27-32,36-37,43-46H2,1-10H3,(H,79,89)(H,80,88)(H,81,86)/t48-,56-,57-,70-/m0/s1. The number of nitrogens with zero attached hydrogens (tertiary/aromatic N) is 5. The molecule has 6 aromatic rings. The average molecular weight is 1420 g/mol. The highest BCUT2D eigenvalue weighted by Gasteiger charge is 2.43.